The van der Waals surface area contributed by atoms with Gasteiger partial charge in [-0.15, -0.1) is 0 Å². The molecule has 11 heteroatoms. The number of anilines is 1. The molecule has 3 heterocycles. The van der Waals surface area contributed by atoms with E-state index in [1.54, 1.807) is 25.1 Å². The molecule has 1 aliphatic carbocycles. The predicted molar refractivity (Wildman–Crippen MR) is 183 cm³/mol. The predicted octanol–water partition coefficient (Wildman–Crippen LogP) is 5.83. The number of halogens is 1. The molecule has 2 amide bonds. The number of sulfonamides is 1. The smallest absolute Gasteiger partial charge is 0.264 e. The Labute approximate surface area is 284 Å². The number of fused-ring (bicyclic) bond motifs is 3. The summed E-state index contributed by atoms with van der Waals surface area (Å²) in [6, 6.07) is 11.1. The molecule has 47 heavy (non-hydrogen) atoms. The normalized spacial score (nSPS) is 28.7. The first-order valence-electron chi connectivity index (χ1n) is 17.3. The number of rotatable bonds is 1. The average molecular weight is 686 g/mol. The summed E-state index contributed by atoms with van der Waals surface area (Å²) in [6.07, 6.45) is 6.94. The van der Waals surface area contributed by atoms with Crippen LogP contribution in [0.1, 0.15) is 80.3 Å². The number of benzene rings is 2. The van der Waals surface area contributed by atoms with Crippen LogP contribution in [0.3, 0.4) is 0 Å². The van der Waals surface area contributed by atoms with Gasteiger partial charge in [-0.3, -0.25) is 9.59 Å². The molecule has 0 spiro atoms. The zero-order valence-electron chi connectivity index (χ0n) is 27.6. The van der Waals surface area contributed by atoms with Gasteiger partial charge >= 0.3 is 0 Å². The number of carbonyl (C=O) groups excluding carboxylic acids is 2. The van der Waals surface area contributed by atoms with Gasteiger partial charge < -0.3 is 19.3 Å². The van der Waals surface area contributed by atoms with Crippen molar-refractivity contribution in [2.45, 2.75) is 77.1 Å². The summed E-state index contributed by atoms with van der Waals surface area (Å²) < 4.78 is 41.2. The van der Waals surface area contributed by atoms with Crippen molar-refractivity contribution in [3.05, 3.63) is 58.1 Å². The first-order valence-corrected chi connectivity index (χ1v) is 19.2. The van der Waals surface area contributed by atoms with Gasteiger partial charge in [0.2, 0.25) is 15.9 Å². The fourth-order valence-corrected chi connectivity index (χ4v) is 9.24. The number of carbonyl (C=O) groups is 2. The van der Waals surface area contributed by atoms with Crippen LogP contribution in [0.4, 0.5) is 5.69 Å². The minimum atomic E-state index is -3.94. The molecule has 1 saturated heterocycles. The summed E-state index contributed by atoms with van der Waals surface area (Å²) in [5.74, 6) is 0.501. The number of nitrogens with one attached hydrogen (secondary N) is 1. The Morgan fingerprint density at radius 2 is 1.74 bits per heavy atom. The molecule has 2 aromatic carbocycles. The van der Waals surface area contributed by atoms with Crippen molar-refractivity contribution in [3.63, 3.8) is 0 Å². The Morgan fingerprint density at radius 3 is 2.51 bits per heavy atom. The van der Waals surface area contributed by atoms with Crippen LogP contribution in [0.5, 0.6) is 5.75 Å². The lowest BCUT2D eigenvalue weighted by molar-refractivity contribution is -0.144. The summed E-state index contributed by atoms with van der Waals surface area (Å²) in [4.78, 5) is 31.8. The summed E-state index contributed by atoms with van der Waals surface area (Å²) in [7, 11) is -3.94. The van der Waals surface area contributed by atoms with Gasteiger partial charge in [-0.25, -0.2) is 13.1 Å². The molecular weight excluding hydrogens is 638 g/mol. The van der Waals surface area contributed by atoms with Crippen LogP contribution in [-0.2, 0) is 32.6 Å². The SMILES string of the molecule is C[C@@H]1[C@@H](C)CCC[C@@H](C(=O)N2CCOCC2)C2CCC2CN2CCCCc3cc(Cl)ccc3COc3ccc(cc32)C(=O)NS1(=O)=O. The summed E-state index contributed by atoms with van der Waals surface area (Å²) in [6.45, 7) is 7.78. The Balaban J connectivity index is 1.37. The maximum Gasteiger partial charge on any atom is 0.264 e. The van der Waals surface area contributed by atoms with Gasteiger partial charge in [-0.1, -0.05) is 31.0 Å². The lowest BCUT2D eigenvalue weighted by atomic mass is 9.65. The van der Waals surface area contributed by atoms with Crippen molar-refractivity contribution < 1.29 is 27.5 Å². The van der Waals surface area contributed by atoms with E-state index in [2.05, 4.69) is 9.62 Å². The van der Waals surface area contributed by atoms with Crippen LogP contribution in [0.25, 0.3) is 0 Å². The lowest BCUT2D eigenvalue weighted by Crippen LogP contribution is -2.50. The standard InChI is InChI=1S/C36H48ClN3O6S/c1-24-6-5-8-32(36(42)39-16-18-45-19-17-39)31-13-10-28(31)22-40-15-4-3-7-26-20-30(37)12-9-29(26)23-46-34-14-11-27(21-33(34)40)35(41)38-47(43,44)25(24)2/h9,11-12,14,20-21,24-25,28,31-32H,3-8,10,13,15-19,22-23H2,1-2H3,(H,38,41)/t24-,25+,28?,31?,32+/m0/s1. The Morgan fingerprint density at radius 1 is 0.936 bits per heavy atom. The topological polar surface area (TPSA) is 105 Å². The minimum Gasteiger partial charge on any atom is -0.487 e. The third kappa shape index (κ3) is 7.75. The van der Waals surface area contributed by atoms with Crippen molar-refractivity contribution in [2.24, 2.45) is 23.7 Å². The second kappa shape index (κ2) is 14.7. The number of aryl methyl sites for hydroxylation is 1. The van der Waals surface area contributed by atoms with Gasteiger partial charge in [-0.05, 0) is 111 Å². The monoisotopic (exact) mass is 685 g/mol. The van der Waals surface area contributed by atoms with E-state index in [0.717, 1.165) is 69.3 Å². The van der Waals surface area contributed by atoms with E-state index in [1.165, 1.54) is 5.56 Å². The molecule has 256 valence electrons. The molecule has 4 aliphatic rings. The minimum absolute atomic E-state index is 0.108. The molecule has 0 aromatic heterocycles. The third-order valence-electron chi connectivity index (χ3n) is 11.0. The van der Waals surface area contributed by atoms with Gasteiger partial charge in [0, 0.05) is 42.7 Å². The quantitative estimate of drug-likeness (QED) is 0.403. The number of amides is 2. The largest absolute Gasteiger partial charge is 0.487 e. The van der Waals surface area contributed by atoms with Gasteiger partial charge in [0.15, 0.2) is 0 Å². The second-order valence-corrected chi connectivity index (χ2v) is 16.4. The van der Waals surface area contributed by atoms with Crippen LogP contribution < -0.4 is 14.4 Å². The van der Waals surface area contributed by atoms with Gasteiger partial charge in [0.25, 0.3) is 5.91 Å². The molecule has 9 nitrogen and oxygen atoms in total. The maximum absolute atomic E-state index is 14.1. The fourth-order valence-electron chi connectivity index (χ4n) is 7.73. The highest BCUT2D eigenvalue weighted by molar-refractivity contribution is 7.90. The number of hydrogen-bond acceptors (Lipinski definition) is 7. The molecule has 2 fully saturated rings. The van der Waals surface area contributed by atoms with E-state index in [-0.39, 0.29) is 29.2 Å². The molecule has 3 aliphatic heterocycles. The van der Waals surface area contributed by atoms with Crippen LogP contribution in [0, 0.1) is 23.7 Å². The van der Waals surface area contributed by atoms with Crippen molar-refractivity contribution >= 4 is 39.1 Å². The molecule has 2 unspecified atom stereocenters. The number of morpholine rings is 1. The molecule has 0 radical (unpaired) electrons. The van der Waals surface area contributed by atoms with Crippen LogP contribution in [0.15, 0.2) is 36.4 Å². The van der Waals surface area contributed by atoms with E-state index in [1.807, 2.05) is 30.0 Å². The highest BCUT2D eigenvalue weighted by Crippen LogP contribution is 2.45. The van der Waals surface area contributed by atoms with E-state index < -0.39 is 21.2 Å². The molecule has 1 saturated carbocycles. The Bertz CT molecular complexity index is 1560. The van der Waals surface area contributed by atoms with Crippen molar-refractivity contribution in [1.82, 2.24) is 9.62 Å². The summed E-state index contributed by atoms with van der Waals surface area (Å²) in [5.41, 5.74) is 3.30. The average Bonchev–Trinajstić information content (AvgIpc) is 3.08. The van der Waals surface area contributed by atoms with E-state index in [0.29, 0.717) is 56.0 Å². The van der Waals surface area contributed by atoms with Crippen molar-refractivity contribution in [3.8, 4) is 5.75 Å². The maximum atomic E-state index is 14.1. The van der Waals surface area contributed by atoms with E-state index in [9.17, 15) is 18.0 Å². The molecule has 6 rings (SSSR count). The number of ether oxygens (including phenoxy) is 2. The molecule has 2 aromatic rings. The van der Waals surface area contributed by atoms with Gasteiger partial charge in [-0.2, -0.15) is 0 Å². The molecule has 5 atom stereocenters. The van der Waals surface area contributed by atoms with E-state index in [4.69, 9.17) is 21.1 Å². The zero-order valence-corrected chi connectivity index (χ0v) is 29.2. The highest BCUT2D eigenvalue weighted by Gasteiger charge is 2.43. The molecule has 1 N–H and O–H groups in total. The lowest BCUT2D eigenvalue weighted by Gasteiger charge is -2.46. The second-order valence-electron chi connectivity index (χ2n) is 13.9. The van der Waals surface area contributed by atoms with Crippen molar-refractivity contribution in [2.75, 3.05) is 44.3 Å². The first kappa shape index (κ1) is 34.1. The first-order chi connectivity index (χ1) is 22.6. The summed E-state index contributed by atoms with van der Waals surface area (Å²) in [5, 5.41) is -0.0610. The number of nitrogens with zero attached hydrogens (tertiary/aromatic N) is 2. The highest BCUT2D eigenvalue weighted by atomic mass is 35.5. The summed E-state index contributed by atoms with van der Waals surface area (Å²) >= 11 is 6.35. The Hall–Kier alpha value is -2.82. The van der Waals surface area contributed by atoms with Crippen LogP contribution >= 0.6 is 11.6 Å². The van der Waals surface area contributed by atoms with Gasteiger partial charge in [0.05, 0.1) is 24.2 Å². The van der Waals surface area contributed by atoms with E-state index >= 15 is 0 Å². The van der Waals surface area contributed by atoms with Gasteiger partial charge in [0.1, 0.15) is 12.4 Å². The fraction of sp³-hybridized carbons (Fsp3) is 0.611. The number of hydrogen-bond donors (Lipinski definition) is 1. The molecule has 2 bridgehead atoms. The van der Waals surface area contributed by atoms with Crippen molar-refractivity contribution in [1.29, 1.82) is 0 Å². The van der Waals surface area contributed by atoms with Crippen LogP contribution in [-0.4, -0.2) is 69.8 Å². The molecular formula is C36H48ClN3O6S. The zero-order chi connectivity index (χ0) is 33.1. The Kier molecular flexibility index (Phi) is 10.7. The van der Waals surface area contributed by atoms with Crippen LogP contribution in [0.2, 0.25) is 5.02 Å². The third-order valence-corrected chi connectivity index (χ3v) is 13.2.